The van der Waals surface area contributed by atoms with Crippen molar-refractivity contribution in [3.63, 3.8) is 0 Å². The molecule has 1 heteroatoms. The van der Waals surface area contributed by atoms with Gasteiger partial charge in [-0.1, -0.05) is 121 Å². The number of rotatable bonds is 18. The molecule has 0 aliphatic carbocycles. The Morgan fingerprint density at radius 3 is 1.52 bits per heavy atom. The Kier molecular flexibility index (Phi) is 16.6. The molecule has 1 aromatic rings. The van der Waals surface area contributed by atoms with Gasteiger partial charge < -0.3 is 0 Å². The summed E-state index contributed by atoms with van der Waals surface area (Å²) in [5.41, 5.74) is 0. The summed E-state index contributed by atoms with van der Waals surface area (Å²) in [5, 5.41) is 0. The number of thioether (sulfide) groups is 1. The summed E-state index contributed by atoms with van der Waals surface area (Å²) < 4.78 is 0. The van der Waals surface area contributed by atoms with Gasteiger partial charge in [0.25, 0.3) is 0 Å². The van der Waals surface area contributed by atoms with E-state index in [9.17, 15) is 0 Å². The largest absolute Gasteiger partial charge is 0.122 e. The summed E-state index contributed by atoms with van der Waals surface area (Å²) in [6.07, 6.45) is 22.3. The zero-order valence-corrected chi connectivity index (χ0v) is 17.2. The highest BCUT2D eigenvalue weighted by Gasteiger charge is 1.96. The third-order valence-corrected chi connectivity index (χ3v) is 5.73. The maximum Gasteiger partial charge on any atom is 0.0217 e. The van der Waals surface area contributed by atoms with Crippen LogP contribution in [0.1, 0.15) is 103 Å². The molecule has 0 nitrogen and oxygen atoms in total. The Morgan fingerprint density at radius 1 is 0.600 bits per heavy atom. The summed E-state index contributed by atoms with van der Waals surface area (Å²) >= 11 is 1.88. The fourth-order valence-electron chi connectivity index (χ4n) is 3.18. The van der Waals surface area contributed by atoms with Crippen LogP contribution in [-0.2, 0) is 0 Å². The first-order valence-electron chi connectivity index (χ1n) is 10.8. The van der Waals surface area contributed by atoms with Crippen molar-refractivity contribution < 1.29 is 0 Å². The highest BCUT2D eigenvalue weighted by atomic mass is 32.2. The lowest BCUT2D eigenvalue weighted by Gasteiger charge is -2.04. The van der Waals surface area contributed by atoms with Gasteiger partial charge >= 0.3 is 0 Å². The van der Waals surface area contributed by atoms with Crippen molar-refractivity contribution >= 4 is 11.8 Å². The molecule has 0 atom stereocenters. The Bertz CT molecular complexity index is 360. The Labute approximate surface area is 162 Å². The van der Waals surface area contributed by atoms with Crippen molar-refractivity contribution in [1.82, 2.24) is 0 Å². The second kappa shape index (κ2) is 18.4. The minimum atomic E-state index is 1.12. The summed E-state index contributed by atoms with van der Waals surface area (Å²) in [6, 6.07) is 10.7. The van der Waals surface area contributed by atoms with Crippen molar-refractivity contribution in [3.05, 3.63) is 43.0 Å². The van der Waals surface area contributed by atoms with Gasteiger partial charge in [-0.3, -0.25) is 0 Å². The van der Waals surface area contributed by atoms with Crippen LogP contribution in [0, 0.1) is 12.7 Å². The molecule has 0 saturated heterocycles. The van der Waals surface area contributed by atoms with E-state index in [1.165, 1.54) is 101 Å². The molecule has 1 rings (SSSR count). The van der Waals surface area contributed by atoms with Crippen LogP contribution in [0.2, 0.25) is 0 Å². The van der Waals surface area contributed by atoms with Gasteiger partial charge in [0.15, 0.2) is 0 Å². The van der Waals surface area contributed by atoms with Gasteiger partial charge in [-0.2, -0.15) is 0 Å². The molecular formula is C24H40S. The predicted octanol–water partition coefficient (Wildman–Crippen LogP) is 9.02. The number of hydrogen-bond acceptors (Lipinski definition) is 1. The van der Waals surface area contributed by atoms with Gasteiger partial charge in [-0.05, 0) is 18.6 Å². The highest BCUT2D eigenvalue weighted by Crippen LogP contribution is 2.23. The fourth-order valence-corrected chi connectivity index (χ4v) is 3.97. The van der Waals surface area contributed by atoms with E-state index >= 15 is 0 Å². The molecule has 0 saturated carbocycles. The molecule has 142 valence electrons. The summed E-state index contributed by atoms with van der Waals surface area (Å²) in [6.45, 7) is 3.90. The van der Waals surface area contributed by atoms with Crippen LogP contribution in [0.3, 0.4) is 0 Å². The van der Waals surface area contributed by atoms with Gasteiger partial charge in [-0.25, -0.2) is 0 Å². The Morgan fingerprint density at radius 2 is 1.04 bits per heavy atom. The first kappa shape index (κ1) is 22.6. The van der Waals surface area contributed by atoms with Crippen LogP contribution in [-0.4, -0.2) is 0 Å². The van der Waals surface area contributed by atoms with Gasteiger partial charge in [-0.15, -0.1) is 11.8 Å². The summed E-state index contributed by atoms with van der Waals surface area (Å²) in [4.78, 5) is 1.36. The normalized spacial score (nSPS) is 11.1. The fraction of sp³-hybridized carbons (Fsp3) is 0.667. The van der Waals surface area contributed by atoms with Crippen LogP contribution >= 0.6 is 11.8 Å². The van der Waals surface area contributed by atoms with E-state index in [-0.39, 0.29) is 0 Å². The summed E-state index contributed by atoms with van der Waals surface area (Å²) in [7, 11) is 0. The predicted molar refractivity (Wildman–Crippen MR) is 116 cm³/mol. The molecule has 0 bridgehead atoms. The average Bonchev–Trinajstić information content (AvgIpc) is 2.65. The quantitative estimate of drug-likeness (QED) is 0.186. The van der Waals surface area contributed by atoms with Crippen LogP contribution < -0.4 is 0 Å². The van der Waals surface area contributed by atoms with Crippen molar-refractivity contribution in [1.29, 1.82) is 0 Å². The van der Waals surface area contributed by atoms with Crippen LogP contribution in [0.5, 0.6) is 0 Å². The monoisotopic (exact) mass is 360 g/mol. The zero-order valence-electron chi connectivity index (χ0n) is 16.4. The molecule has 0 spiro atoms. The maximum atomic E-state index is 3.90. The second-order valence-corrected chi connectivity index (χ2v) is 8.23. The van der Waals surface area contributed by atoms with Crippen LogP contribution in [0.25, 0.3) is 0 Å². The molecule has 0 fully saturated rings. The molecule has 0 aliphatic heterocycles. The lowest BCUT2D eigenvalue weighted by molar-refractivity contribution is 0.534. The smallest absolute Gasteiger partial charge is 0.0217 e. The van der Waals surface area contributed by atoms with Crippen molar-refractivity contribution in [2.45, 2.75) is 108 Å². The first-order chi connectivity index (χ1) is 12.4. The van der Waals surface area contributed by atoms with E-state index in [0.717, 1.165) is 6.42 Å². The first-order valence-corrected chi connectivity index (χ1v) is 11.6. The maximum absolute atomic E-state index is 3.90. The van der Waals surface area contributed by atoms with Crippen LogP contribution in [0.4, 0.5) is 0 Å². The minimum absolute atomic E-state index is 1.12. The number of benzene rings is 1. The molecule has 0 N–H and O–H groups in total. The molecule has 0 aliphatic rings. The van der Waals surface area contributed by atoms with Gasteiger partial charge in [0.1, 0.15) is 0 Å². The second-order valence-electron chi connectivity index (χ2n) is 7.19. The Balaban J connectivity index is 1.69. The average molecular weight is 361 g/mol. The topological polar surface area (TPSA) is 0 Å². The third-order valence-electron chi connectivity index (χ3n) is 4.78. The van der Waals surface area contributed by atoms with E-state index in [0.29, 0.717) is 0 Å². The van der Waals surface area contributed by atoms with E-state index in [4.69, 9.17) is 0 Å². The number of unbranched alkanes of at least 4 members (excludes halogenated alkanes) is 15. The third kappa shape index (κ3) is 15.5. The lowest BCUT2D eigenvalue weighted by Crippen LogP contribution is -1.83. The summed E-state index contributed by atoms with van der Waals surface area (Å²) in [5.74, 6) is 2.37. The molecule has 0 aromatic heterocycles. The number of hydrogen-bond donors (Lipinski definition) is 0. The highest BCUT2D eigenvalue weighted by molar-refractivity contribution is 8.01. The van der Waals surface area contributed by atoms with E-state index in [2.05, 4.69) is 43.0 Å². The molecule has 0 unspecified atom stereocenters. The van der Waals surface area contributed by atoms with E-state index in [1.807, 2.05) is 11.8 Å². The molecule has 0 amide bonds. The van der Waals surface area contributed by atoms with Crippen molar-refractivity contribution in [2.24, 2.45) is 0 Å². The van der Waals surface area contributed by atoms with Gasteiger partial charge in [0.05, 0.1) is 0 Å². The minimum Gasteiger partial charge on any atom is -0.122 e. The molecule has 2 radical (unpaired) electrons. The van der Waals surface area contributed by atoms with Crippen molar-refractivity contribution in [3.8, 4) is 0 Å². The van der Waals surface area contributed by atoms with Gasteiger partial charge in [0.2, 0.25) is 0 Å². The standard InChI is InChI=1S/C24H40S/c1-2-3-4-5-6-7-8-9-10-11-12-13-14-15-16-20-23-25-24-21-18-17-19-22-24/h17-19,21-23H,1-16,20H2. The molecule has 1 aromatic carbocycles. The van der Waals surface area contributed by atoms with E-state index in [1.54, 1.807) is 0 Å². The van der Waals surface area contributed by atoms with Crippen LogP contribution in [0.15, 0.2) is 35.2 Å². The lowest BCUT2D eigenvalue weighted by atomic mass is 10.0. The molecule has 25 heavy (non-hydrogen) atoms. The SMILES string of the molecule is [CH2]CCCCCCCCCCCCCCCC[CH]Sc1ccccc1. The zero-order chi connectivity index (χ0) is 17.8. The molecule has 0 heterocycles. The van der Waals surface area contributed by atoms with Crippen molar-refractivity contribution in [2.75, 3.05) is 0 Å². The Hall–Kier alpha value is -0.430. The van der Waals surface area contributed by atoms with E-state index < -0.39 is 0 Å². The van der Waals surface area contributed by atoms with Gasteiger partial charge in [0, 0.05) is 10.6 Å². The molecular weight excluding hydrogens is 320 g/mol.